The Kier molecular flexibility index (Phi) is 2.56. The van der Waals surface area contributed by atoms with Crippen molar-refractivity contribution in [1.82, 2.24) is 9.97 Å². The SMILES string of the molecule is c1ccc2cc3nc4c5ccc[n+]6c5c5c(ccc[n+]5CC6)c4nc3cc2c1. The van der Waals surface area contributed by atoms with Crippen LogP contribution in [0.2, 0.25) is 0 Å². The molecule has 0 aliphatic carbocycles. The summed E-state index contributed by atoms with van der Waals surface area (Å²) in [5, 5.41) is 4.74. The molecule has 3 aromatic heterocycles. The highest BCUT2D eigenvalue weighted by atomic mass is 15.1. The van der Waals surface area contributed by atoms with Crippen LogP contribution < -0.4 is 9.13 Å². The molecule has 28 heavy (non-hydrogen) atoms. The molecule has 1 aliphatic rings. The van der Waals surface area contributed by atoms with E-state index >= 15 is 0 Å². The maximum Gasteiger partial charge on any atom is 0.287 e. The van der Waals surface area contributed by atoms with E-state index in [1.165, 1.54) is 32.6 Å². The fourth-order valence-corrected chi connectivity index (χ4v) is 4.72. The Bertz CT molecular complexity index is 1500. The lowest BCUT2D eigenvalue weighted by atomic mass is 10.0. The van der Waals surface area contributed by atoms with Gasteiger partial charge in [0.1, 0.15) is 11.0 Å². The Morgan fingerprint density at radius 3 is 1.61 bits per heavy atom. The molecule has 4 heteroatoms. The molecule has 6 aromatic rings. The quantitative estimate of drug-likeness (QED) is 0.234. The summed E-state index contributed by atoms with van der Waals surface area (Å²) in [6.45, 7) is 1.95. The van der Waals surface area contributed by atoms with Crippen LogP contribution in [0.4, 0.5) is 0 Å². The number of nitrogens with zero attached hydrogens (tertiary/aromatic N) is 4. The number of fused-ring (bicyclic) bond motifs is 5. The van der Waals surface area contributed by atoms with Gasteiger partial charge in [-0.25, -0.2) is 9.97 Å². The predicted molar refractivity (Wildman–Crippen MR) is 110 cm³/mol. The van der Waals surface area contributed by atoms with E-state index in [1.807, 2.05) is 0 Å². The molecule has 0 radical (unpaired) electrons. The highest BCUT2D eigenvalue weighted by Gasteiger charge is 2.30. The van der Waals surface area contributed by atoms with Crippen molar-refractivity contribution in [3.63, 3.8) is 0 Å². The Morgan fingerprint density at radius 2 is 1.11 bits per heavy atom. The van der Waals surface area contributed by atoms with E-state index in [-0.39, 0.29) is 0 Å². The smallest absolute Gasteiger partial charge is 0.244 e. The Hall–Kier alpha value is -3.66. The summed E-state index contributed by atoms with van der Waals surface area (Å²) in [5.74, 6) is 0. The summed E-state index contributed by atoms with van der Waals surface area (Å²) in [6.07, 6.45) is 4.35. The topological polar surface area (TPSA) is 33.5 Å². The third-order valence-electron chi connectivity index (χ3n) is 5.99. The zero-order valence-electron chi connectivity index (χ0n) is 15.1. The summed E-state index contributed by atoms with van der Waals surface area (Å²) >= 11 is 0. The number of rotatable bonds is 0. The molecule has 130 valence electrons. The van der Waals surface area contributed by atoms with Crippen LogP contribution in [0.5, 0.6) is 0 Å². The number of pyridine rings is 2. The van der Waals surface area contributed by atoms with Crippen molar-refractivity contribution in [1.29, 1.82) is 0 Å². The summed E-state index contributed by atoms with van der Waals surface area (Å²) < 4.78 is 4.70. The molecule has 1 aliphatic heterocycles. The monoisotopic (exact) mass is 360 g/mol. The number of hydrogen-bond acceptors (Lipinski definition) is 2. The molecule has 0 amide bonds. The van der Waals surface area contributed by atoms with E-state index in [2.05, 4.69) is 82.2 Å². The van der Waals surface area contributed by atoms with Gasteiger partial charge in [0, 0.05) is 12.1 Å². The van der Waals surface area contributed by atoms with Gasteiger partial charge in [-0.3, -0.25) is 0 Å². The first-order chi connectivity index (χ1) is 13.9. The Balaban J connectivity index is 1.78. The third kappa shape index (κ3) is 1.75. The molecule has 7 rings (SSSR count). The van der Waals surface area contributed by atoms with Crippen molar-refractivity contribution in [3.8, 4) is 0 Å². The molecule has 0 fully saturated rings. The molecule has 0 atom stereocenters. The van der Waals surface area contributed by atoms with E-state index in [1.54, 1.807) is 0 Å². The van der Waals surface area contributed by atoms with E-state index in [4.69, 9.17) is 9.97 Å². The maximum atomic E-state index is 5.12. The Labute approximate surface area is 160 Å². The largest absolute Gasteiger partial charge is 0.287 e. The van der Waals surface area contributed by atoms with Gasteiger partial charge in [-0.15, -0.1) is 0 Å². The van der Waals surface area contributed by atoms with E-state index in [0.29, 0.717) is 0 Å². The molecule has 0 saturated carbocycles. The van der Waals surface area contributed by atoms with Crippen LogP contribution in [-0.2, 0) is 13.1 Å². The lowest BCUT2D eigenvalue weighted by Gasteiger charge is -2.12. The normalized spacial score (nSPS) is 13.4. The van der Waals surface area contributed by atoms with Crippen LogP contribution in [0.25, 0.3) is 54.6 Å². The standard InChI is InChI=1S/C24H16N4/c1-2-6-16-14-20-19(13-15(16)5-1)25-21-17-7-3-9-27-11-12-28-10-4-8-18(22(21)26-20)24(28)23(17)27/h1-10,13-14H,11-12H2/q+2. The molecule has 0 N–H and O–H groups in total. The molecule has 0 saturated heterocycles. The third-order valence-corrected chi connectivity index (χ3v) is 5.99. The van der Waals surface area contributed by atoms with Gasteiger partial charge in [-0.05, 0) is 35.0 Å². The van der Waals surface area contributed by atoms with Gasteiger partial charge >= 0.3 is 0 Å². The van der Waals surface area contributed by atoms with Crippen LogP contribution in [0.3, 0.4) is 0 Å². The average molecular weight is 360 g/mol. The number of benzene rings is 3. The van der Waals surface area contributed by atoms with Crippen molar-refractivity contribution in [2.45, 2.75) is 13.1 Å². The first-order valence-corrected chi connectivity index (χ1v) is 9.63. The van der Waals surface area contributed by atoms with Gasteiger partial charge in [-0.2, -0.15) is 9.13 Å². The van der Waals surface area contributed by atoms with Crippen LogP contribution in [0.15, 0.2) is 73.1 Å². The molecule has 4 heterocycles. The van der Waals surface area contributed by atoms with Gasteiger partial charge in [0.2, 0.25) is 13.1 Å². The molecule has 0 spiro atoms. The summed E-state index contributed by atoms with van der Waals surface area (Å²) in [6, 6.07) is 21.3. The zero-order chi connectivity index (χ0) is 18.2. The second-order valence-corrected chi connectivity index (χ2v) is 7.54. The van der Waals surface area contributed by atoms with Gasteiger partial charge in [0.25, 0.3) is 11.0 Å². The van der Waals surface area contributed by atoms with E-state index in [0.717, 1.165) is 35.2 Å². The molecule has 0 bridgehead atoms. The first-order valence-electron chi connectivity index (χ1n) is 9.63. The van der Waals surface area contributed by atoms with Crippen LogP contribution in [0.1, 0.15) is 0 Å². The highest BCUT2D eigenvalue weighted by Crippen LogP contribution is 2.32. The molecule has 3 aromatic carbocycles. The van der Waals surface area contributed by atoms with Gasteiger partial charge < -0.3 is 0 Å². The lowest BCUT2D eigenvalue weighted by Crippen LogP contribution is -2.50. The minimum atomic E-state index is 0.947. The second-order valence-electron chi connectivity index (χ2n) is 7.54. The minimum Gasteiger partial charge on any atom is -0.244 e. The molecular formula is C24H16N4+2. The van der Waals surface area contributed by atoms with Crippen molar-refractivity contribution >= 4 is 54.6 Å². The second kappa shape index (κ2) is 4.98. The van der Waals surface area contributed by atoms with Crippen molar-refractivity contribution in [2.75, 3.05) is 0 Å². The minimum absolute atomic E-state index is 0.947. The summed E-state index contributed by atoms with van der Waals surface area (Å²) in [4.78, 5) is 10.2. The number of hydrogen-bond donors (Lipinski definition) is 0. The molecule has 4 nitrogen and oxygen atoms in total. The fraction of sp³-hybridized carbons (Fsp3) is 0.0833. The Morgan fingerprint density at radius 1 is 0.607 bits per heavy atom. The van der Waals surface area contributed by atoms with Crippen molar-refractivity contribution < 1.29 is 9.13 Å². The first kappa shape index (κ1) is 14.4. The zero-order valence-corrected chi connectivity index (χ0v) is 15.1. The number of aryl methyl sites for hydroxylation is 2. The van der Waals surface area contributed by atoms with Crippen molar-refractivity contribution in [3.05, 3.63) is 73.1 Å². The molecular weight excluding hydrogens is 344 g/mol. The highest BCUT2D eigenvalue weighted by molar-refractivity contribution is 6.19. The van der Waals surface area contributed by atoms with Crippen LogP contribution in [-0.4, -0.2) is 9.97 Å². The predicted octanol–water partition coefficient (Wildman–Crippen LogP) is 3.83. The van der Waals surface area contributed by atoms with E-state index < -0.39 is 0 Å². The van der Waals surface area contributed by atoms with Gasteiger partial charge in [0.05, 0.1) is 21.8 Å². The summed E-state index contributed by atoms with van der Waals surface area (Å²) in [5.41, 5.74) is 6.38. The van der Waals surface area contributed by atoms with Crippen LogP contribution >= 0.6 is 0 Å². The maximum absolute atomic E-state index is 5.12. The van der Waals surface area contributed by atoms with Gasteiger partial charge in [-0.1, -0.05) is 24.3 Å². The van der Waals surface area contributed by atoms with Crippen LogP contribution in [0, 0.1) is 0 Å². The fourth-order valence-electron chi connectivity index (χ4n) is 4.72. The van der Waals surface area contributed by atoms with E-state index in [9.17, 15) is 0 Å². The van der Waals surface area contributed by atoms with Gasteiger partial charge in [0.15, 0.2) is 12.4 Å². The molecule has 0 unspecified atom stereocenters. The lowest BCUT2D eigenvalue weighted by molar-refractivity contribution is -0.771. The van der Waals surface area contributed by atoms with Crippen molar-refractivity contribution in [2.24, 2.45) is 0 Å². The average Bonchev–Trinajstić information content (AvgIpc) is 2.75. The number of aromatic nitrogens is 4. The summed E-state index contributed by atoms with van der Waals surface area (Å²) in [7, 11) is 0.